The van der Waals surface area contributed by atoms with Gasteiger partial charge in [0.1, 0.15) is 0 Å². The number of aryl methyl sites for hydroxylation is 3. The highest BCUT2D eigenvalue weighted by atomic mass is 16.5. The molecule has 3 aromatic carbocycles. The summed E-state index contributed by atoms with van der Waals surface area (Å²) in [6.07, 6.45) is -0.907. The van der Waals surface area contributed by atoms with Crippen LogP contribution in [0.1, 0.15) is 49.1 Å². The van der Waals surface area contributed by atoms with Crippen LogP contribution < -0.4 is 4.90 Å². The largest absolute Gasteiger partial charge is 0.349 e. The third-order valence-corrected chi connectivity index (χ3v) is 7.39. The number of rotatable bonds is 2. The van der Waals surface area contributed by atoms with E-state index in [2.05, 4.69) is 0 Å². The van der Waals surface area contributed by atoms with Crippen LogP contribution in [0.4, 0.5) is 5.69 Å². The number of ketones is 2. The van der Waals surface area contributed by atoms with E-state index >= 15 is 0 Å². The predicted molar refractivity (Wildman–Crippen MR) is 128 cm³/mol. The number of hydrogen-bond acceptors (Lipinski definition) is 5. The van der Waals surface area contributed by atoms with E-state index in [-0.39, 0.29) is 11.1 Å². The fourth-order valence-electron chi connectivity index (χ4n) is 5.91. The van der Waals surface area contributed by atoms with Gasteiger partial charge in [0.2, 0.25) is 29.0 Å². The van der Waals surface area contributed by atoms with Gasteiger partial charge < -0.3 is 4.74 Å². The van der Waals surface area contributed by atoms with Crippen molar-refractivity contribution in [1.29, 1.82) is 0 Å². The molecule has 6 nitrogen and oxygen atoms in total. The van der Waals surface area contributed by atoms with Gasteiger partial charge in [-0.15, -0.1) is 0 Å². The number of anilines is 1. The number of carbonyl (C=O) groups is 4. The van der Waals surface area contributed by atoms with Crippen molar-refractivity contribution in [3.8, 4) is 0 Å². The first-order valence-electron chi connectivity index (χ1n) is 11.6. The van der Waals surface area contributed by atoms with Gasteiger partial charge in [0.05, 0.1) is 23.6 Å². The van der Waals surface area contributed by atoms with Gasteiger partial charge in [0.25, 0.3) is 0 Å². The Labute approximate surface area is 202 Å². The third kappa shape index (κ3) is 2.80. The quantitative estimate of drug-likeness (QED) is 0.416. The SMILES string of the molecule is Cc1ccc([C@@H]2OC3(C(=O)c4ccccc4C3=O)[C@@H]3C(=O)N(c4cc(C)cc(C)c4)C(=O)[C@@H]32)cc1. The lowest BCUT2D eigenvalue weighted by molar-refractivity contribution is -0.127. The molecular weight excluding hydrogens is 442 g/mol. The molecule has 3 atom stereocenters. The van der Waals surface area contributed by atoms with Gasteiger partial charge in [-0.05, 0) is 49.6 Å². The molecule has 0 bridgehead atoms. The highest BCUT2D eigenvalue weighted by Gasteiger charge is 2.74. The molecule has 35 heavy (non-hydrogen) atoms. The van der Waals surface area contributed by atoms with Crippen molar-refractivity contribution in [2.75, 3.05) is 4.90 Å². The van der Waals surface area contributed by atoms with Crippen molar-refractivity contribution in [3.63, 3.8) is 0 Å². The zero-order valence-electron chi connectivity index (χ0n) is 19.6. The number of imide groups is 1. The first-order chi connectivity index (χ1) is 16.7. The summed E-state index contributed by atoms with van der Waals surface area (Å²) in [6, 6.07) is 19.4. The summed E-state index contributed by atoms with van der Waals surface area (Å²) < 4.78 is 6.31. The van der Waals surface area contributed by atoms with E-state index in [0.717, 1.165) is 21.6 Å². The maximum absolute atomic E-state index is 14.0. The van der Waals surface area contributed by atoms with Gasteiger partial charge in [0, 0.05) is 11.1 Å². The van der Waals surface area contributed by atoms with E-state index in [0.29, 0.717) is 11.3 Å². The fraction of sp³-hybridized carbons (Fsp3) is 0.241. The Morgan fingerprint density at radius 3 is 1.86 bits per heavy atom. The van der Waals surface area contributed by atoms with E-state index in [1.807, 2.05) is 51.1 Å². The maximum atomic E-state index is 14.0. The topological polar surface area (TPSA) is 80.8 Å². The number of carbonyl (C=O) groups excluding carboxylic acids is 4. The summed E-state index contributed by atoms with van der Waals surface area (Å²) in [5.41, 5.74) is 2.33. The lowest BCUT2D eigenvalue weighted by Gasteiger charge is -2.27. The van der Waals surface area contributed by atoms with Crippen LogP contribution in [-0.4, -0.2) is 29.0 Å². The summed E-state index contributed by atoms with van der Waals surface area (Å²) in [5, 5.41) is 0. The van der Waals surface area contributed by atoms with Crippen LogP contribution in [-0.2, 0) is 14.3 Å². The van der Waals surface area contributed by atoms with Crippen LogP contribution in [0.25, 0.3) is 0 Å². The standard InChI is InChI=1S/C29H23NO5/c1-15-8-10-18(11-9-15)24-22-23(28(34)30(27(22)33)19-13-16(2)12-17(3)14-19)29(35-24)25(31)20-6-4-5-7-21(20)26(29)32/h4-14,22-24H,1-3H3/t22-,23-,24-/m0/s1. The Balaban J connectivity index is 1.55. The minimum absolute atomic E-state index is 0.228. The minimum atomic E-state index is -2.05. The molecule has 6 heteroatoms. The monoisotopic (exact) mass is 465 g/mol. The molecule has 174 valence electrons. The molecule has 0 N–H and O–H groups in total. The van der Waals surface area contributed by atoms with Crippen molar-refractivity contribution in [3.05, 3.63) is 100 Å². The zero-order valence-corrected chi connectivity index (χ0v) is 19.6. The molecule has 0 unspecified atom stereocenters. The minimum Gasteiger partial charge on any atom is -0.349 e. The highest BCUT2D eigenvalue weighted by molar-refractivity contribution is 6.37. The summed E-state index contributed by atoms with van der Waals surface area (Å²) >= 11 is 0. The second-order valence-electron chi connectivity index (χ2n) is 9.75. The lowest BCUT2D eigenvalue weighted by Crippen LogP contribution is -2.51. The summed E-state index contributed by atoms with van der Waals surface area (Å²) in [6.45, 7) is 5.72. The summed E-state index contributed by atoms with van der Waals surface area (Å²) in [7, 11) is 0. The van der Waals surface area contributed by atoms with Crippen LogP contribution in [0.2, 0.25) is 0 Å². The zero-order chi connectivity index (χ0) is 24.6. The van der Waals surface area contributed by atoms with Crippen LogP contribution in [0, 0.1) is 32.6 Å². The molecule has 2 aliphatic heterocycles. The molecule has 2 amide bonds. The molecule has 1 aliphatic carbocycles. The third-order valence-electron chi connectivity index (χ3n) is 7.39. The Bertz CT molecular complexity index is 1400. The molecule has 1 spiro atoms. The Morgan fingerprint density at radius 1 is 0.714 bits per heavy atom. The van der Waals surface area contributed by atoms with E-state index in [1.54, 1.807) is 36.4 Å². The predicted octanol–water partition coefficient (Wildman–Crippen LogP) is 4.31. The number of ether oxygens (including phenoxy) is 1. The van der Waals surface area contributed by atoms with Gasteiger partial charge in [-0.25, -0.2) is 4.90 Å². The van der Waals surface area contributed by atoms with E-state index in [9.17, 15) is 19.2 Å². The normalized spacial score (nSPS) is 24.4. The van der Waals surface area contributed by atoms with Gasteiger partial charge in [-0.2, -0.15) is 0 Å². The lowest BCUT2D eigenvalue weighted by atomic mass is 9.77. The van der Waals surface area contributed by atoms with Crippen molar-refractivity contribution >= 4 is 29.1 Å². The molecule has 6 rings (SSSR count). The van der Waals surface area contributed by atoms with Crippen LogP contribution in [0.15, 0.2) is 66.7 Å². The molecule has 3 aliphatic rings. The van der Waals surface area contributed by atoms with Gasteiger partial charge in [-0.1, -0.05) is 60.2 Å². The van der Waals surface area contributed by atoms with Crippen molar-refractivity contribution in [1.82, 2.24) is 0 Å². The molecule has 3 aromatic rings. The molecule has 0 radical (unpaired) electrons. The average molecular weight is 466 g/mol. The number of benzene rings is 3. The van der Waals surface area contributed by atoms with Crippen LogP contribution in [0.3, 0.4) is 0 Å². The number of fused-ring (bicyclic) bond motifs is 3. The number of Topliss-reactive ketones (excluding diaryl/α,β-unsaturated/α-hetero) is 2. The molecule has 2 fully saturated rings. The Morgan fingerprint density at radius 2 is 1.29 bits per heavy atom. The molecule has 2 saturated heterocycles. The second-order valence-corrected chi connectivity index (χ2v) is 9.75. The number of hydrogen-bond donors (Lipinski definition) is 0. The molecule has 2 heterocycles. The fourth-order valence-corrected chi connectivity index (χ4v) is 5.91. The van der Waals surface area contributed by atoms with E-state index < -0.39 is 46.9 Å². The average Bonchev–Trinajstić information content (AvgIpc) is 3.39. The number of amides is 2. The van der Waals surface area contributed by atoms with Gasteiger partial charge in [-0.3, -0.25) is 19.2 Å². The first-order valence-corrected chi connectivity index (χ1v) is 11.6. The van der Waals surface area contributed by atoms with Crippen molar-refractivity contribution in [2.24, 2.45) is 11.8 Å². The number of nitrogens with zero attached hydrogens (tertiary/aromatic N) is 1. The van der Waals surface area contributed by atoms with Crippen molar-refractivity contribution < 1.29 is 23.9 Å². The molecular formula is C29H23NO5. The Hall–Kier alpha value is -3.90. The van der Waals surface area contributed by atoms with Crippen molar-refractivity contribution in [2.45, 2.75) is 32.5 Å². The van der Waals surface area contributed by atoms with Gasteiger partial charge >= 0.3 is 0 Å². The summed E-state index contributed by atoms with van der Waals surface area (Å²) in [5.74, 6) is -4.36. The van der Waals surface area contributed by atoms with Crippen LogP contribution >= 0.6 is 0 Å². The maximum Gasteiger partial charge on any atom is 0.241 e. The van der Waals surface area contributed by atoms with E-state index in [1.165, 1.54) is 0 Å². The highest BCUT2D eigenvalue weighted by Crippen LogP contribution is 2.57. The smallest absolute Gasteiger partial charge is 0.241 e. The summed E-state index contributed by atoms with van der Waals surface area (Å²) in [4.78, 5) is 56.6. The molecule has 0 aromatic heterocycles. The Kier molecular flexibility index (Phi) is 4.51. The van der Waals surface area contributed by atoms with Gasteiger partial charge in [0.15, 0.2) is 0 Å². The second kappa shape index (κ2) is 7.30. The molecule has 0 saturated carbocycles. The first kappa shape index (κ1) is 21.6. The van der Waals surface area contributed by atoms with Crippen LogP contribution in [0.5, 0.6) is 0 Å². The van der Waals surface area contributed by atoms with E-state index in [4.69, 9.17) is 4.74 Å².